The highest BCUT2D eigenvalue weighted by Gasteiger charge is 2.32. The first-order valence-corrected chi connectivity index (χ1v) is 30.3. The average molecular weight is 1380 g/mol. The lowest BCUT2D eigenvalue weighted by Gasteiger charge is -2.14. The molecule has 32 nitrogen and oxygen atoms in total. The van der Waals surface area contributed by atoms with E-state index in [-0.39, 0.29) is 185 Å². The number of fused-ring (bicyclic) bond motifs is 6. The van der Waals surface area contributed by atoms with Crippen LogP contribution in [0.3, 0.4) is 0 Å². The topological polar surface area (TPSA) is 459 Å². The minimum absolute atomic E-state index is 0.0460. The molecular formula is C76H22N32. The lowest BCUT2D eigenvalue weighted by molar-refractivity contribution is 0.813. The van der Waals surface area contributed by atoms with Crippen molar-refractivity contribution in [3.05, 3.63) is 323 Å². The third kappa shape index (κ3) is 11.8. The molecular weight excluding hydrogens is 1360 g/mol. The van der Waals surface area contributed by atoms with Gasteiger partial charge in [-0.1, -0.05) is 0 Å². The van der Waals surface area contributed by atoms with Crippen molar-refractivity contribution < 1.29 is 0 Å². The highest BCUT2D eigenvalue weighted by atomic mass is 15.1. The van der Waals surface area contributed by atoms with Crippen LogP contribution in [0.2, 0.25) is 0 Å². The monoisotopic (exact) mass is 1380 g/mol. The molecule has 0 fully saturated rings. The Bertz CT molecular complexity index is 6420. The molecule has 3 N–H and O–H groups in total. The van der Waals surface area contributed by atoms with Gasteiger partial charge in [0, 0.05) is 0 Å². The molecule has 3 atom stereocenters. The van der Waals surface area contributed by atoms with Crippen LogP contribution >= 0.6 is 0 Å². The van der Waals surface area contributed by atoms with Crippen molar-refractivity contribution >= 4 is 84.1 Å². The summed E-state index contributed by atoms with van der Waals surface area (Å²) in [5.74, 6) is -2.23. The van der Waals surface area contributed by atoms with Crippen LogP contribution in [0.4, 0.5) is 34.1 Å². The second-order valence-corrected chi connectivity index (χ2v) is 22.5. The van der Waals surface area contributed by atoms with Gasteiger partial charge in [-0.2, -0.15) is 52.6 Å². The summed E-state index contributed by atoms with van der Waals surface area (Å²) in [4.78, 5) is 86.4. The Morgan fingerprint density at radius 1 is 0.343 bits per heavy atom. The molecule has 0 radical (unpaired) electrons. The standard InChI is InChI=1S/C38H14N16.C38H8N16/c2*1-44-24-10-31-30(9-21(24)15-41)53-38(54-31)35(47-4)34-6-18(22(16-42)36-49-28-7-19(13-39)20(14-40)8-29(28)50-36)5-25(48-34)23(17-43)37-51-32-11-26(45-2)27(46-3)12-33(32)52-37/h5-12,22-23,35H,(H,49,50)(H,51,52)(H,53,54);5-12H/b;38-35-. The van der Waals surface area contributed by atoms with Crippen LogP contribution < -0.4 is 32.1 Å². The van der Waals surface area contributed by atoms with E-state index in [2.05, 4.69) is 122 Å². The number of hydrogen-bond acceptors (Lipinski definition) is 21. The van der Waals surface area contributed by atoms with Crippen LogP contribution in [0.15, 0.2) is 144 Å². The molecule has 5 aromatic heterocycles. The van der Waals surface area contributed by atoms with Gasteiger partial charge in [0.1, 0.15) is 76.7 Å². The van der Waals surface area contributed by atoms with Crippen molar-refractivity contribution in [1.82, 2.24) is 39.9 Å². The maximum Gasteiger partial charge on any atom is 0.321 e. The lowest BCUT2D eigenvalue weighted by Crippen LogP contribution is -2.22. The molecule has 0 aliphatic carbocycles. The number of H-pyrrole nitrogens is 3. The quantitative estimate of drug-likeness (QED) is 0.0893. The molecule has 3 aliphatic rings. The minimum Gasteiger partial charge on any atom is -0.342 e. The largest absolute Gasteiger partial charge is 0.342 e. The second kappa shape index (κ2) is 27.6. The summed E-state index contributed by atoms with van der Waals surface area (Å²) in [6.45, 7) is 60.9. The van der Waals surface area contributed by atoms with Gasteiger partial charge in [-0.05, 0) is 108 Å². The van der Waals surface area contributed by atoms with Gasteiger partial charge in [-0.15, -0.1) is 0 Å². The highest BCUT2D eigenvalue weighted by molar-refractivity contribution is 5.90. The van der Waals surface area contributed by atoms with E-state index in [1.165, 1.54) is 97.1 Å². The number of benzene rings is 6. The van der Waals surface area contributed by atoms with Crippen molar-refractivity contribution in [3.63, 3.8) is 0 Å². The van der Waals surface area contributed by atoms with Gasteiger partial charge in [0.25, 0.3) is 5.70 Å². The molecule has 486 valence electrons. The van der Waals surface area contributed by atoms with Crippen LogP contribution in [0.25, 0.3) is 88.7 Å². The van der Waals surface area contributed by atoms with Crippen LogP contribution in [0.5, 0.6) is 0 Å². The Morgan fingerprint density at radius 2 is 0.731 bits per heavy atom. The first-order chi connectivity index (χ1) is 52.6. The number of hydrogen-bond donors (Lipinski definition) is 3. The van der Waals surface area contributed by atoms with Crippen LogP contribution in [-0.2, 0) is 0 Å². The third-order valence-corrected chi connectivity index (χ3v) is 16.5. The Morgan fingerprint density at radius 3 is 1.25 bits per heavy atom. The van der Waals surface area contributed by atoms with Gasteiger partial charge < -0.3 is 15.0 Å². The lowest BCUT2D eigenvalue weighted by atomic mass is 9.94. The maximum absolute atomic E-state index is 10.6. The molecule has 11 aromatic rings. The van der Waals surface area contributed by atoms with Gasteiger partial charge in [0.2, 0.25) is 11.4 Å². The number of nitriles is 10. The summed E-state index contributed by atoms with van der Waals surface area (Å²) in [7, 11) is 0. The van der Waals surface area contributed by atoms with E-state index in [1.54, 1.807) is 0 Å². The third-order valence-electron chi connectivity index (χ3n) is 16.5. The zero-order chi connectivity index (χ0) is 76.2. The van der Waals surface area contributed by atoms with Crippen molar-refractivity contribution in [2.45, 2.75) is 17.9 Å². The van der Waals surface area contributed by atoms with E-state index >= 15 is 0 Å². The molecule has 0 bridgehead atoms. The summed E-state index contributed by atoms with van der Waals surface area (Å²) in [5.41, 5.74) is 3.06. The van der Waals surface area contributed by atoms with Gasteiger partial charge >= 0.3 is 6.04 Å². The zero-order valence-corrected chi connectivity index (χ0v) is 53.9. The van der Waals surface area contributed by atoms with Gasteiger partial charge in [0.05, 0.1) is 186 Å². The van der Waals surface area contributed by atoms with E-state index < -0.39 is 17.9 Å². The fourth-order valence-electron chi connectivity index (χ4n) is 11.5. The first-order valence-electron chi connectivity index (χ1n) is 30.3. The fraction of sp³-hybridized carbons (Fsp3) is 0.0395. The van der Waals surface area contributed by atoms with Gasteiger partial charge in [-0.3, -0.25) is 29.2 Å². The normalized spacial score (nSPS) is 12.5. The molecule has 3 aliphatic heterocycles. The van der Waals surface area contributed by atoms with Crippen LogP contribution in [0.1, 0.15) is 103 Å². The molecule has 0 spiro atoms. The number of aromatic amines is 3. The van der Waals surface area contributed by atoms with E-state index in [4.69, 9.17) is 57.6 Å². The Kier molecular flexibility index (Phi) is 17.3. The van der Waals surface area contributed by atoms with E-state index in [9.17, 15) is 52.6 Å². The Hall–Kier alpha value is -19.1. The summed E-state index contributed by atoms with van der Waals surface area (Å²) < 4.78 is 0. The second-order valence-electron chi connectivity index (χ2n) is 22.5. The van der Waals surface area contributed by atoms with Gasteiger partial charge in [-0.25, -0.2) is 71.0 Å². The molecule has 14 rings (SSSR count). The maximum atomic E-state index is 10.6. The number of aromatic nitrogens is 8. The molecule has 32 heteroatoms. The SMILES string of the molecule is [C-]#[N+]/C(=C1/N=c2cc(C#N)c([N+]#[C-])cc2=N1)c1cc(C(C#N)=C2N=c3cc(C#N)c(C#N)cc3=N2)cc(C(C#N)=C2N=c3cc([N+]#[C-])c([N+]#[C-])cc3=N2)n1.[C-]#[N+]c1cc2[nH]c(C([N+]#[C-])c3cc(C(C#N)c4nc5cc(C#N)c(C#N)cc5[nH]4)cc(C(C#N)c4nc5cc([N+]#[C-])c([N+]#[C-])cc5[nH]4)n3)nc2cc1C#N. The number of nitrogens with zero attached hydrogens (tertiary/aromatic N) is 29. The van der Waals surface area contributed by atoms with Crippen LogP contribution in [0, 0.1) is 166 Å². The molecule has 8 heterocycles. The van der Waals surface area contributed by atoms with E-state index in [0.717, 1.165) is 0 Å². The van der Waals surface area contributed by atoms with Crippen molar-refractivity contribution in [2.24, 2.45) is 30.0 Å². The number of rotatable bonds is 9. The average Bonchev–Trinajstić information content (AvgIpc) is 1.54. The highest BCUT2D eigenvalue weighted by Crippen LogP contribution is 2.39. The summed E-state index contributed by atoms with van der Waals surface area (Å²) in [6.07, 6.45) is 0. The molecule has 0 saturated carbocycles. The number of imidazole rings is 3. The van der Waals surface area contributed by atoms with Gasteiger partial charge in [0.15, 0.2) is 46.0 Å². The minimum atomic E-state index is -1.22. The van der Waals surface area contributed by atoms with Crippen molar-refractivity contribution in [1.29, 1.82) is 52.6 Å². The number of allylic oxidation sites excluding steroid dienone is 2. The summed E-state index contributed by atoms with van der Waals surface area (Å²) >= 11 is 0. The fourth-order valence-corrected chi connectivity index (χ4v) is 11.5. The van der Waals surface area contributed by atoms with Crippen LogP contribution in [-0.4, -0.2) is 39.9 Å². The van der Waals surface area contributed by atoms with Crippen molar-refractivity contribution in [2.75, 3.05) is 0 Å². The first kappa shape index (κ1) is 67.4. The molecule has 0 saturated heterocycles. The Labute approximate surface area is 604 Å². The smallest absolute Gasteiger partial charge is 0.321 e. The predicted octanol–water partition coefficient (Wildman–Crippen LogP) is 10.4. The summed E-state index contributed by atoms with van der Waals surface area (Å²) in [5, 5.41) is 101. The summed E-state index contributed by atoms with van der Waals surface area (Å²) in [6, 6.07) is 41.8. The molecule has 6 aromatic carbocycles. The number of pyridine rings is 2. The molecule has 108 heavy (non-hydrogen) atoms. The number of nitrogens with one attached hydrogen (secondary N) is 3. The van der Waals surface area contributed by atoms with E-state index in [1.807, 2.05) is 42.5 Å². The van der Waals surface area contributed by atoms with E-state index in [0.29, 0.717) is 33.1 Å². The zero-order valence-electron chi connectivity index (χ0n) is 53.9. The predicted molar refractivity (Wildman–Crippen MR) is 371 cm³/mol. The van der Waals surface area contributed by atoms with Crippen molar-refractivity contribution in [3.8, 4) is 60.7 Å². The Balaban J connectivity index is 0.000000190. The molecule has 0 amide bonds. The molecule has 3 unspecified atom stereocenters.